The van der Waals surface area contributed by atoms with Crippen molar-refractivity contribution in [3.05, 3.63) is 31.9 Å². The van der Waals surface area contributed by atoms with E-state index in [0.29, 0.717) is 5.56 Å². The predicted molar refractivity (Wildman–Crippen MR) is 65.7 cm³/mol. The summed E-state index contributed by atoms with van der Waals surface area (Å²) in [7, 11) is 0. The predicted octanol–water partition coefficient (Wildman–Crippen LogP) is 3.23. The molecule has 14 heavy (non-hydrogen) atoms. The Labute approximate surface area is 102 Å². The Kier molecular flexibility index (Phi) is 2.52. The van der Waals surface area contributed by atoms with Gasteiger partial charge in [0.1, 0.15) is 0 Å². The minimum atomic E-state index is -0.909. The average Bonchev–Trinajstić information content (AvgIpc) is 2.46. The molecule has 0 saturated carbocycles. The molecule has 2 rings (SSSR count). The maximum absolute atomic E-state index is 11.0. The van der Waals surface area contributed by atoms with E-state index < -0.39 is 5.97 Å². The molecule has 5 heteroatoms. The standard InChI is InChI=1S/C9H5BrINO2/c10-4-1-5(9(13)14)8-6(11)3-12-7(8)2-4/h1-3,12H,(H,13,14). The van der Waals surface area contributed by atoms with Gasteiger partial charge in [0.25, 0.3) is 0 Å². The fourth-order valence-electron chi connectivity index (χ4n) is 1.36. The number of fused-ring (bicyclic) bond motifs is 1. The van der Waals surface area contributed by atoms with Gasteiger partial charge in [0.05, 0.1) is 5.56 Å². The van der Waals surface area contributed by atoms with Crippen LogP contribution in [0.15, 0.2) is 22.8 Å². The van der Waals surface area contributed by atoms with Crippen LogP contribution in [-0.2, 0) is 0 Å². The highest BCUT2D eigenvalue weighted by Crippen LogP contribution is 2.27. The van der Waals surface area contributed by atoms with Crippen molar-refractivity contribution >= 4 is 55.4 Å². The van der Waals surface area contributed by atoms with E-state index in [-0.39, 0.29) is 0 Å². The summed E-state index contributed by atoms with van der Waals surface area (Å²) in [6.45, 7) is 0. The minimum Gasteiger partial charge on any atom is -0.478 e. The van der Waals surface area contributed by atoms with Gasteiger partial charge in [-0.25, -0.2) is 4.79 Å². The zero-order chi connectivity index (χ0) is 10.3. The topological polar surface area (TPSA) is 53.1 Å². The number of aromatic amines is 1. The van der Waals surface area contributed by atoms with Gasteiger partial charge in [0.2, 0.25) is 0 Å². The van der Waals surface area contributed by atoms with Gasteiger partial charge in [-0.05, 0) is 34.7 Å². The Morgan fingerprint density at radius 1 is 1.50 bits per heavy atom. The maximum Gasteiger partial charge on any atom is 0.336 e. The molecule has 1 aromatic carbocycles. The third-order valence-corrected chi connectivity index (χ3v) is 3.24. The molecule has 0 atom stereocenters. The Hall–Kier alpha value is -0.560. The fourth-order valence-corrected chi connectivity index (χ4v) is 2.55. The number of H-pyrrole nitrogens is 1. The maximum atomic E-state index is 11.0. The number of rotatable bonds is 1. The number of nitrogens with one attached hydrogen (secondary N) is 1. The van der Waals surface area contributed by atoms with E-state index in [2.05, 4.69) is 43.5 Å². The quantitative estimate of drug-likeness (QED) is 0.762. The average molecular weight is 366 g/mol. The lowest BCUT2D eigenvalue weighted by atomic mass is 10.1. The molecule has 0 aliphatic rings. The lowest BCUT2D eigenvalue weighted by Crippen LogP contribution is -1.97. The van der Waals surface area contributed by atoms with Crippen LogP contribution >= 0.6 is 38.5 Å². The van der Waals surface area contributed by atoms with Crippen LogP contribution < -0.4 is 0 Å². The number of carbonyl (C=O) groups is 1. The molecule has 0 saturated heterocycles. The molecule has 0 unspecified atom stereocenters. The van der Waals surface area contributed by atoms with Gasteiger partial charge in [0.15, 0.2) is 0 Å². The molecule has 3 nitrogen and oxygen atoms in total. The summed E-state index contributed by atoms with van der Waals surface area (Å²) in [5.74, 6) is -0.909. The molecular weight excluding hydrogens is 361 g/mol. The highest BCUT2D eigenvalue weighted by molar-refractivity contribution is 14.1. The van der Waals surface area contributed by atoms with E-state index in [0.717, 1.165) is 18.9 Å². The second-order valence-electron chi connectivity index (χ2n) is 2.82. The van der Waals surface area contributed by atoms with Crippen molar-refractivity contribution in [1.82, 2.24) is 4.98 Å². The Balaban J connectivity index is 2.90. The zero-order valence-corrected chi connectivity index (χ0v) is 10.6. The molecule has 0 aliphatic carbocycles. The van der Waals surface area contributed by atoms with Gasteiger partial charge in [0, 0.05) is 25.1 Å². The molecular formula is C9H5BrINO2. The number of aromatic nitrogens is 1. The number of carboxylic acid groups (broad SMARTS) is 1. The number of benzene rings is 1. The van der Waals surface area contributed by atoms with Crippen LogP contribution in [0.25, 0.3) is 10.9 Å². The first-order valence-electron chi connectivity index (χ1n) is 3.79. The molecule has 0 radical (unpaired) electrons. The first-order chi connectivity index (χ1) is 6.59. The van der Waals surface area contributed by atoms with Crippen LogP contribution in [0.4, 0.5) is 0 Å². The lowest BCUT2D eigenvalue weighted by Gasteiger charge is -1.99. The monoisotopic (exact) mass is 365 g/mol. The number of aromatic carboxylic acids is 1. The lowest BCUT2D eigenvalue weighted by molar-refractivity contribution is 0.0699. The van der Waals surface area contributed by atoms with Crippen molar-refractivity contribution in [3.63, 3.8) is 0 Å². The Morgan fingerprint density at radius 2 is 2.21 bits per heavy atom. The molecule has 1 heterocycles. The van der Waals surface area contributed by atoms with Crippen molar-refractivity contribution in [2.45, 2.75) is 0 Å². The molecule has 0 aliphatic heterocycles. The molecule has 0 amide bonds. The van der Waals surface area contributed by atoms with E-state index in [1.807, 2.05) is 6.07 Å². The second kappa shape index (κ2) is 3.54. The summed E-state index contributed by atoms with van der Waals surface area (Å²) in [6.07, 6.45) is 1.80. The van der Waals surface area contributed by atoms with E-state index in [1.165, 1.54) is 0 Å². The van der Waals surface area contributed by atoms with E-state index in [4.69, 9.17) is 5.11 Å². The molecule has 0 bridgehead atoms. The SMILES string of the molecule is O=C(O)c1cc(Br)cc2[nH]cc(I)c12. The van der Waals surface area contributed by atoms with Crippen LogP contribution in [0.5, 0.6) is 0 Å². The van der Waals surface area contributed by atoms with Crippen LogP contribution in [-0.4, -0.2) is 16.1 Å². The van der Waals surface area contributed by atoms with Gasteiger partial charge in [-0.3, -0.25) is 0 Å². The normalized spacial score (nSPS) is 10.7. The van der Waals surface area contributed by atoms with Crippen LogP contribution in [0.3, 0.4) is 0 Å². The van der Waals surface area contributed by atoms with Gasteiger partial charge < -0.3 is 10.1 Å². The molecule has 1 aromatic heterocycles. The fraction of sp³-hybridized carbons (Fsp3) is 0. The number of halogens is 2. The van der Waals surface area contributed by atoms with E-state index >= 15 is 0 Å². The van der Waals surface area contributed by atoms with Crippen LogP contribution in [0.1, 0.15) is 10.4 Å². The number of hydrogen-bond donors (Lipinski definition) is 2. The molecule has 0 fully saturated rings. The summed E-state index contributed by atoms with van der Waals surface area (Å²) >= 11 is 5.39. The summed E-state index contributed by atoms with van der Waals surface area (Å²) < 4.78 is 1.68. The number of carboxylic acids is 1. The molecule has 0 spiro atoms. The summed E-state index contributed by atoms with van der Waals surface area (Å²) in [5, 5.41) is 9.78. The highest BCUT2D eigenvalue weighted by Gasteiger charge is 2.13. The van der Waals surface area contributed by atoms with Crippen molar-refractivity contribution in [2.75, 3.05) is 0 Å². The first-order valence-corrected chi connectivity index (χ1v) is 5.66. The van der Waals surface area contributed by atoms with Crippen molar-refractivity contribution in [3.8, 4) is 0 Å². The van der Waals surface area contributed by atoms with Crippen molar-refractivity contribution in [1.29, 1.82) is 0 Å². The third-order valence-electron chi connectivity index (χ3n) is 1.93. The van der Waals surface area contributed by atoms with Crippen LogP contribution in [0, 0.1) is 3.57 Å². The van der Waals surface area contributed by atoms with E-state index in [9.17, 15) is 4.79 Å². The first kappa shape index (κ1) is 9.97. The van der Waals surface area contributed by atoms with E-state index in [1.54, 1.807) is 12.3 Å². The summed E-state index contributed by atoms with van der Waals surface area (Å²) in [6, 6.07) is 3.48. The molecule has 2 N–H and O–H groups in total. The minimum absolute atomic E-state index is 0.319. The van der Waals surface area contributed by atoms with Gasteiger partial charge in [-0.15, -0.1) is 0 Å². The van der Waals surface area contributed by atoms with Gasteiger partial charge >= 0.3 is 5.97 Å². The third kappa shape index (κ3) is 1.54. The smallest absolute Gasteiger partial charge is 0.336 e. The highest BCUT2D eigenvalue weighted by atomic mass is 127. The van der Waals surface area contributed by atoms with Crippen molar-refractivity contribution in [2.24, 2.45) is 0 Å². The van der Waals surface area contributed by atoms with Gasteiger partial charge in [-0.2, -0.15) is 0 Å². The Morgan fingerprint density at radius 3 is 2.86 bits per heavy atom. The zero-order valence-electron chi connectivity index (χ0n) is 6.84. The second-order valence-corrected chi connectivity index (χ2v) is 4.90. The van der Waals surface area contributed by atoms with Gasteiger partial charge in [-0.1, -0.05) is 15.9 Å². The Bertz CT molecular complexity index is 521. The summed E-state index contributed by atoms with van der Waals surface area (Å²) in [5.41, 5.74) is 1.15. The molecule has 2 aromatic rings. The van der Waals surface area contributed by atoms with Crippen molar-refractivity contribution < 1.29 is 9.90 Å². The largest absolute Gasteiger partial charge is 0.478 e. The molecule has 72 valence electrons. The number of hydrogen-bond acceptors (Lipinski definition) is 1. The van der Waals surface area contributed by atoms with Crippen LogP contribution in [0.2, 0.25) is 0 Å². The summed E-state index contributed by atoms with van der Waals surface area (Å²) in [4.78, 5) is 14.0.